The summed E-state index contributed by atoms with van der Waals surface area (Å²) in [6.45, 7) is 3.00. The second-order valence-corrected chi connectivity index (χ2v) is 8.34. The summed E-state index contributed by atoms with van der Waals surface area (Å²) in [7, 11) is 1.62. The van der Waals surface area contributed by atoms with Crippen LogP contribution in [0.25, 0.3) is 10.9 Å². The van der Waals surface area contributed by atoms with Crippen LogP contribution in [0.2, 0.25) is 0 Å². The van der Waals surface area contributed by atoms with E-state index in [-0.39, 0.29) is 28.9 Å². The van der Waals surface area contributed by atoms with Gasteiger partial charge in [-0.1, -0.05) is 6.07 Å². The predicted molar refractivity (Wildman–Crippen MR) is 128 cm³/mol. The quantitative estimate of drug-likeness (QED) is 0.295. The molecule has 3 aromatic rings. The highest BCUT2D eigenvalue weighted by Gasteiger charge is 2.32. The highest BCUT2D eigenvalue weighted by Crippen LogP contribution is 2.35. The molecule has 0 bridgehead atoms. The summed E-state index contributed by atoms with van der Waals surface area (Å²) in [5, 5.41) is 11.9. The lowest BCUT2D eigenvalue weighted by Gasteiger charge is -2.37. The molecule has 4 rings (SSSR count). The van der Waals surface area contributed by atoms with Crippen molar-refractivity contribution >= 4 is 33.9 Å². The van der Waals surface area contributed by atoms with Gasteiger partial charge in [0.05, 0.1) is 28.0 Å². The first-order valence-electron chi connectivity index (χ1n) is 11.2. The van der Waals surface area contributed by atoms with Crippen LogP contribution in [-0.4, -0.2) is 48.2 Å². The van der Waals surface area contributed by atoms with Gasteiger partial charge in [-0.3, -0.25) is 14.9 Å². The number of ether oxygens (including phenoxy) is 1. The highest BCUT2D eigenvalue weighted by molar-refractivity contribution is 5.96. The van der Waals surface area contributed by atoms with Crippen molar-refractivity contribution in [2.75, 3.05) is 42.6 Å². The number of alkyl halides is 3. The minimum absolute atomic E-state index is 0.0149. The van der Waals surface area contributed by atoms with Gasteiger partial charge in [-0.25, -0.2) is 4.79 Å². The minimum atomic E-state index is -4.45. The fraction of sp³-hybridized carbons (Fsp3) is 0.333. The lowest BCUT2D eigenvalue weighted by atomic mass is 10.1. The number of hydrogen-bond acceptors (Lipinski definition) is 7. The molecule has 0 spiro atoms. The zero-order chi connectivity index (χ0) is 26.2. The molecule has 36 heavy (non-hydrogen) atoms. The van der Waals surface area contributed by atoms with Crippen molar-refractivity contribution in [3.63, 3.8) is 0 Å². The predicted octanol–water partition coefficient (Wildman–Crippen LogP) is 3.97. The molecule has 2 aromatic carbocycles. The van der Waals surface area contributed by atoms with Gasteiger partial charge >= 0.3 is 12.1 Å². The third-order valence-corrected chi connectivity index (χ3v) is 6.14. The first kappa shape index (κ1) is 25.0. The molecule has 0 saturated carbocycles. The molecule has 0 unspecified atom stereocenters. The third-order valence-electron chi connectivity index (χ3n) is 6.14. The summed E-state index contributed by atoms with van der Waals surface area (Å²) in [6.07, 6.45) is -3.11. The first-order valence-corrected chi connectivity index (χ1v) is 11.2. The number of aromatic nitrogens is 1. The van der Waals surface area contributed by atoms with E-state index in [9.17, 15) is 32.9 Å². The van der Waals surface area contributed by atoms with Crippen molar-refractivity contribution in [2.45, 2.75) is 13.1 Å². The SMILES string of the molecule is CCOC(=O)c1cn(C)c2cc(N3CCN(c4cccc(C(F)(F)F)c4)CC3)c([N+](=O)[O-])cc2c1=O. The second-order valence-electron chi connectivity index (χ2n) is 8.34. The van der Waals surface area contributed by atoms with E-state index in [4.69, 9.17) is 4.74 Å². The molecule has 1 aromatic heterocycles. The number of nitrogens with zero attached hydrogens (tertiary/aromatic N) is 4. The fourth-order valence-corrected chi connectivity index (χ4v) is 4.34. The number of fused-ring (bicyclic) bond motifs is 1. The van der Waals surface area contributed by atoms with Crippen LogP contribution < -0.4 is 15.2 Å². The van der Waals surface area contributed by atoms with E-state index < -0.39 is 28.1 Å². The minimum Gasteiger partial charge on any atom is -0.462 e. The Hall–Kier alpha value is -4.09. The molecule has 1 aliphatic rings. The number of pyridine rings is 1. The Bertz CT molecular complexity index is 1390. The highest BCUT2D eigenvalue weighted by atomic mass is 19.4. The lowest BCUT2D eigenvalue weighted by Crippen LogP contribution is -2.46. The van der Waals surface area contributed by atoms with Gasteiger partial charge in [0.25, 0.3) is 5.69 Å². The van der Waals surface area contributed by atoms with E-state index in [2.05, 4.69) is 0 Å². The average molecular weight is 504 g/mol. The second kappa shape index (κ2) is 9.51. The Labute approximate surface area is 203 Å². The van der Waals surface area contributed by atoms with Crippen LogP contribution in [0.15, 0.2) is 47.4 Å². The van der Waals surface area contributed by atoms with Crippen LogP contribution in [0.4, 0.5) is 30.2 Å². The molecule has 12 heteroatoms. The Morgan fingerprint density at radius 2 is 1.78 bits per heavy atom. The average Bonchev–Trinajstić information content (AvgIpc) is 2.85. The van der Waals surface area contributed by atoms with Crippen LogP contribution in [0.1, 0.15) is 22.8 Å². The van der Waals surface area contributed by atoms with Crippen LogP contribution in [-0.2, 0) is 18.0 Å². The van der Waals surface area contributed by atoms with E-state index in [0.717, 1.165) is 18.2 Å². The Kier molecular flexibility index (Phi) is 6.61. The number of nitro benzene ring substituents is 1. The number of hydrogen-bond donors (Lipinski definition) is 0. The first-order chi connectivity index (χ1) is 17.0. The summed E-state index contributed by atoms with van der Waals surface area (Å²) in [6, 6.07) is 7.74. The van der Waals surface area contributed by atoms with Gasteiger partial charge in [0.15, 0.2) is 0 Å². The number of esters is 1. The molecule has 0 N–H and O–H groups in total. The summed E-state index contributed by atoms with van der Waals surface area (Å²) in [5.41, 5.74) is -0.812. The van der Waals surface area contributed by atoms with Crippen molar-refractivity contribution in [2.24, 2.45) is 7.05 Å². The number of benzene rings is 2. The Morgan fingerprint density at radius 1 is 1.11 bits per heavy atom. The molecule has 1 fully saturated rings. The molecule has 1 aliphatic heterocycles. The van der Waals surface area contributed by atoms with Gasteiger partial charge in [0.2, 0.25) is 5.43 Å². The van der Waals surface area contributed by atoms with Crippen molar-refractivity contribution in [3.05, 3.63) is 74.1 Å². The summed E-state index contributed by atoms with van der Waals surface area (Å²) >= 11 is 0. The summed E-state index contributed by atoms with van der Waals surface area (Å²) in [5.74, 6) is -0.808. The van der Waals surface area contributed by atoms with Crippen LogP contribution in [0, 0.1) is 10.1 Å². The molecule has 9 nitrogen and oxygen atoms in total. The maximum Gasteiger partial charge on any atom is 0.416 e. The zero-order valence-electron chi connectivity index (χ0n) is 19.5. The van der Waals surface area contributed by atoms with Gasteiger partial charge in [0, 0.05) is 51.2 Å². The van der Waals surface area contributed by atoms with Crippen LogP contribution >= 0.6 is 0 Å². The largest absolute Gasteiger partial charge is 0.462 e. The van der Waals surface area contributed by atoms with Gasteiger partial charge in [-0.2, -0.15) is 13.2 Å². The number of halogens is 3. The molecular formula is C24H23F3N4O5. The lowest BCUT2D eigenvalue weighted by molar-refractivity contribution is -0.384. The summed E-state index contributed by atoms with van der Waals surface area (Å²) < 4.78 is 45.7. The monoisotopic (exact) mass is 504 g/mol. The van der Waals surface area contributed by atoms with Gasteiger partial charge < -0.3 is 19.1 Å². The fourth-order valence-electron chi connectivity index (χ4n) is 4.34. The number of carbonyl (C=O) groups excluding carboxylic acids is 1. The smallest absolute Gasteiger partial charge is 0.416 e. The van der Waals surface area contributed by atoms with E-state index in [0.29, 0.717) is 37.4 Å². The number of carbonyl (C=O) groups is 1. The molecule has 0 aliphatic carbocycles. The molecule has 2 heterocycles. The maximum absolute atomic E-state index is 13.1. The van der Waals surface area contributed by atoms with Crippen molar-refractivity contribution in [1.29, 1.82) is 0 Å². The summed E-state index contributed by atoms with van der Waals surface area (Å²) in [4.78, 5) is 40.0. The van der Waals surface area contributed by atoms with Gasteiger partial charge in [-0.05, 0) is 31.2 Å². The molecular weight excluding hydrogens is 481 g/mol. The number of aryl methyl sites for hydroxylation is 1. The molecule has 1 saturated heterocycles. The van der Waals surface area contributed by atoms with Crippen LogP contribution in [0.5, 0.6) is 0 Å². The topological polar surface area (TPSA) is 97.9 Å². The van der Waals surface area contributed by atoms with Gasteiger partial charge in [0.1, 0.15) is 11.3 Å². The molecule has 0 atom stereocenters. The van der Waals surface area contributed by atoms with Crippen molar-refractivity contribution in [3.8, 4) is 0 Å². The Balaban J connectivity index is 1.67. The van der Waals surface area contributed by atoms with E-state index in [1.165, 1.54) is 22.9 Å². The van der Waals surface area contributed by atoms with Crippen molar-refractivity contribution < 1.29 is 27.6 Å². The normalized spacial score (nSPS) is 14.2. The van der Waals surface area contributed by atoms with E-state index >= 15 is 0 Å². The number of piperazine rings is 1. The Morgan fingerprint density at radius 3 is 2.39 bits per heavy atom. The van der Waals surface area contributed by atoms with E-state index in [1.54, 1.807) is 29.8 Å². The molecule has 0 amide bonds. The van der Waals surface area contributed by atoms with Gasteiger partial charge in [-0.15, -0.1) is 0 Å². The standard InChI is InChI=1S/C24H23F3N4O5/c1-3-36-23(33)18-14-28(2)19-13-20(21(31(34)35)12-17(19)22(18)32)30-9-7-29(8-10-30)16-6-4-5-15(11-16)24(25,26)27/h4-6,11-14H,3,7-10H2,1-2H3. The number of anilines is 2. The molecule has 190 valence electrons. The van der Waals surface area contributed by atoms with Crippen molar-refractivity contribution in [1.82, 2.24) is 4.57 Å². The number of nitro groups is 1. The zero-order valence-corrected chi connectivity index (χ0v) is 19.5. The van der Waals surface area contributed by atoms with Crippen LogP contribution in [0.3, 0.4) is 0 Å². The molecule has 0 radical (unpaired) electrons. The number of rotatable bonds is 5. The maximum atomic E-state index is 13.1. The third kappa shape index (κ3) is 4.70. The van der Waals surface area contributed by atoms with E-state index in [1.807, 2.05) is 0 Å².